The van der Waals surface area contributed by atoms with Gasteiger partial charge in [0, 0.05) is 7.11 Å². The minimum Gasteiger partial charge on any atom is -0.377 e. The molecule has 60 valence electrons. The Labute approximate surface area is 64.1 Å². The van der Waals surface area contributed by atoms with Crippen LogP contribution in [0.4, 0.5) is 0 Å². The summed E-state index contributed by atoms with van der Waals surface area (Å²) in [4.78, 5) is 0. The molecule has 0 aromatic carbocycles. The molecular weight excluding hydrogens is 124 g/mol. The van der Waals surface area contributed by atoms with E-state index in [1.165, 1.54) is 6.42 Å². The van der Waals surface area contributed by atoms with Crippen molar-refractivity contribution in [3.63, 3.8) is 0 Å². The van der Waals surface area contributed by atoms with Gasteiger partial charge < -0.3 is 4.74 Å². The third-order valence-electron chi connectivity index (χ3n) is 1.86. The number of hydrogen-bond donors (Lipinski definition) is 0. The largest absolute Gasteiger partial charge is 0.377 e. The van der Waals surface area contributed by atoms with Gasteiger partial charge in [-0.2, -0.15) is 0 Å². The quantitative estimate of drug-likeness (QED) is 0.548. The minimum absolute atomic E-state index is 0.301. The summed E-state index contributed by atoms with van der Waals surface area (Å²) >= 11 is 0. The van der Waals surface area contributed by atoms with Gasteiger partial charge in [-0.3, -0.25) is 0 Å². The van der Waals surface area contributed by atoms with Crippen molar-refractivity contribution < 1.29 is 4.74 Å². The molecule has 0 aromatic rings. The van der Waals surface area contributed by atoms with E-state index in [-0.39, 0.29) is 0 Å². The number of allylic oxidation sites excluding steroid dienone is 1. The van der Waals surface area contributed by atoms with E-state index in [0.717, 1.165) is 0 Å². The maximum atomic E-state index is 5.26. The fraction of sp³-hybridized carbons (Fsp3) is 0.778. The normalized spacial score (nSPS) is 17.6. The summed E-state index contributed by atoms with van der Waals surface area (Å²) in [5.41, 5.74) is 0. The smallest absolute Gasteiger partial charge is 0.0777 e. The first-order chi connectivity index (χ1) is 4.76. The summed E-state index contributed by atoms with van der Waals surface area (Å²) in [5, 5.41) is 0. The molecule has 1 unspecified atom stereocenters. The Bertz CT molecular complexity index is 96.9. The average molecular weight is 142 g/mol. The van der Waals surface area contributed by atoms with Crippen LogP contribution in [0.3, 0.4) is 0 Å². The highest BCUT2D eigenvalue weighted by Gasteiger charge is 2.09. The fourth-order valence-electron chi connectivity index (χ4n) is 0.923. The van der Waals surface area contributed by atoms with E-state index < -0.39 is 0 Å². The molecule has 0 spiro atoms. The first-order valence-corrected chi connectivity index (χ1v) is 3.91. The van der Waals surface area contributed by atoms with E-state index in [1.807, 2.05) is 13.0 Å². The lowest BCUT2D eigenvalue weighted by Crippen LogP contribution is -2.16. The molecule has 1 heteroatoms. The van der Waals surface area contributed by atoms with Crippen molar-refractivity contribution in [1.29, 1.82) is 0 Å². The summed E-state index contributed by atoms with van der Waals surface area (Å²) in [6.45, 7) is 6.41. The molecular formula is C9H18O. The monoisotopic (exact) mass is 142 g/mol. The second kappa shape index (κ2) is 5.48. The van der Waals surface area contributed by atoms with Crippen molar-refractivity contribution in [2.24, 2.45) is 5.92 Å². The van der Waals surface area contributed by atoms with E-state index in [1.54, 1.807) is 7.11 Å². The van der Waals surface area contributed by atoms with Crippen molar-refractivity contribution in [3.05, 3.63) is 12.2 Å². The van der Waals surface area contributed by atoms with Gasteiger partial charge in [0.1, 0.15) is 0 Å². The van der Waals surface area contributed by atoms with Crippen molar-refractivity contribution in [2.75, 3.05) is 7.11 Å². The SMILES string of the molecule is C/C=C\[C@@H](OC)C(C)CC. The van der Waals surface area contributed by atoms with Gasteiger partial charge in [0.25, 0.3) is 0 Å². The zero-order valence-electron chi connectivity index (χ0n) is 7.42. The molecule has 0 aliphatic rings. The minimum atomic E-state index is 0.301. The zero-order chi connectivity index (χ0) is 7.98. The molecule has 0 heterocycles. The van der Waals surface area contributed by atoms with Gasteiger partial charge in [0.15, 0.2) is 0 Å². The van der Waals surface area contributed by atoms with Crippen molar-refractivity contribution in [3.8, 4) is 0 Å². The molecule has 0 aromatic heterocycles. The summed E-state index contributed by atoms with van der Waals surface area (Å²) < 4.78 is 5.26. The second-order valence-corrected chi connectivity index (χ2v) is 2.61. The van der Waals surface area contributed by atoms with Crippen LogP contribution in [-0.2, 0) is 4.74 Å². The first kappa shape index (κ1) is 9.70. The van der Waals surface area contributed by atoms with Crippen LogP contribution in [0, 0.1) is 5.92 Å². The molecule has 0 aliphatic carbocycles. The Balaban J connectivity index is 3.79. The highest BCUT2D eigenvalue weighted by molar-refractivity contribution is 4.88. The highest BCUT2D eigenvalue weighted by Crippen LogP contribution is 2.11. The van der Waals surface area contributed by atoms with Gasteiger partial charge in [-0.1, -0.05) is 32.4 Å². The van der Waals surface area contributed by atoms with Gasteiger partial charge in [-0.25, -0.2) is 0 Å². The maximum Gasteiger partial charge on any atom is 0.0777 e. The van der Waals surface area contributed by atoms with Crippen LogP contribution < -0.4 is 0 Å². The first-order valence-electron chi connectivity index (χ1n) is 3.91. The number of ether oxygens (including phenoxy) is 1. The van der Waals surface area contributed by atoms with E-state index >= 15 is 0 Å². The predicted molar refractivity (Wildman–Crippen MR) is 45.1 cm³/mol. The number of rotatable bonds is 4. The molecule has 1 nitrogen and oxygen atoms in total. The molecule has 0 aliphatic heterocycles. The van der Waals surface area contributed by atoms with Crippen LogP contribution in [0.2, 0.25) is 0 Å². The third kappa shape index (κ3) is 3.02. The number of methoxy groups -OCH3 is 1. The second-order valence-electron chi connectivity index (χ2n) is 2.61. The molecule has 0 N–H and O–H groups in total. The lowest BCUT2D eigenvalue weighted by molar-refractivity contribution is 0.0948. The maximum absolute atomic E-state index is 5.26. The van der Waals surface area contributed by atoms with Crippen molar-refractivity contribution in [2.45, 2.75) is 33.3 Å². The van der Waals surface area contributed by atoms with Gasteiger partial charge >= 0.3 is 0 Å². The van der Waals surface area contributed by atoms with Gasteiger partial charge in [-0.05, 0) is 12.8 Å². The topological polar surface area (TPSA) is 9.23 Å². The van der Waals surface area contributed by atoms with Crippen LogP contribution >= 0.6 is 0 Å². The standard InChI is InChI=1S/C9H18O/c1-5-7-9(10-4)8(3)6-2/h5,7-9H,6H2,1-4H3/b7-5-/t8?,9-/m1/s1. The molecule has 2 atom stereocenters. The predicted octanol–water partition coefficient (Wildman–Crippen LogP) is 2.62. The lowest BCUT2D eigenvalue weighted by Gasteiger charge is -2.16. The summed E-state index contributed by atoms with van der Waals surface area (Å²) in [6, 6.07) is 0. The van der Waals surface area contributed by atoms with Crippen LogP contribution in [0.25, 0.3) is 0 Å². The van der Waals surface area contributed by atoms with Gasteiger partial charge in [-0.15, -0.1) is 0 Å². The van der Waals surface area contributed by atoms with Crippen LogP contribution in [0.5, 0.6) is 0 Å². The molecule has 0 fully saturated rings. The van der Waals surface area contributed by atoms with E-state index in [2.05, 4.69) is 19.9 Å². The van der Waals surface area contributed by atoms with Crippen LogP contribution in [0.15, 0.2) is 12.2 Å². The average Bonchev–Trinajstić information content (AvgIpc) is 1.99. The summed E-state index contributed by atoms with van der Waals surface area (Å²) in [5.74, 6) is 0.626. The Morgan fingerprint density at radius 1 is 1.50 bits per heavy atom. The Morgan fingerprint density at radius 3 is 2.40 bits per heavy atom. The molecule has 0 saturated heterocycles. The third-order valence-corrected chi connectivity index (χ3v) is 1.86. The highest BCUT2D eigenvalue weighted by atomic mass is 16.5. The Kier molecular flexibility index (Phi) is 5.32. The molecule has 0 saturated carbocycles. The van der Waals surface area contributed by atoms with Crippen molar-refractivity contribution >= 4 is 0 Å². The van der Waals surface area contributed by atoms with Crippen LogP contribution in [-0.4, -0.2) is 13.2 Å². The fourth-order valence-corrected chi connectivity index (χ4v) is 0.923. The van der Waals surface area contributed by atoms with E-state index in [9.17, 15) is 0 Å². The van der Waals surface area contributed by atoms with Crippen LogP contribution in [0.1, 0.15) is 27.2 Å². The van der Waals surface area contributed by atoms with Gasteiger partial charge in [0.05, 0.1) is 6.10 Å². The molecule has 0 rings (SSSR count). The lowest BCUT2D eigenvalue weighted by atomic mass is 10.0. The molecule has 0 amide bonds. The molecule has 10 heavy (non-hydrogen) atoms. The summed E-state index contributed by atoms with van der Waals surface area (Å²) in [6.07, 6.45) is 5.62. The molecule has 0 radical (unpaired) electrons. The van der Waals surface area contributed by atoms with Crippen molar-refractivity contribution in [1.82, 2.24) is 0 Å². The Morgan fingerprint density at radius 2 is 2.10 bits per heavy atom. The van der Waals surface area contributed by atoms with E-state index in [4.69, 9.17) is 4.74 Å². The zero-order valence-corrected chi connectivity index (χ0v) is 7.42. The molecule has 0 bridgehead atoms. The Hall–Kier alpha value is -0.300. The summed E-state index contributed by atoms with van der Waals surface area (Å²) in [7, 11) is 1.76. The van der Waals surface area contributed by atoms with E-state index in [0.29, 0.717) is 12.0 Å². The van der Waals surface area contributed by atoms with Gasteiger partial charge in [0.2, 0.25) is 0 Å². The number of hydrogen-bond acceptors (Lipinski definition) is 1.